The molecule has 3 aromatic carbocycles. The number of carbonyl (C=O) groups excluding carboxylic acids is 2. The summed E-state index contributed by atoms with van der Waals surface area (Å²) in [5.41, 5.74) is 2.52. The van der Waals surface area contributed by atoms with Crippen LogP contribution in [-0.2, 0) is 14.8 Å². The minimum atomic E-state index is -3.92. The lowest BCUT2D eigenvalue weighted by atomic mass is 10.0. The number of amides is 1. The number of aryl methyl sites for hydroxylation is 1. The van der Waals surface area contributed by atoms with Gasteiger partial charge in [-0.15, -0.1) is 0 Å². The van der Waals surface area contributed by atoms with Crippen molar-refractivity contribution in [1.82, 2.24) is 0 Å². The number of nitrogens with one attached hydrogen (secondary N) is 1. The molecule has 0 aliphatic carbocycles. The van der Waals surface area contributed by atoms with Crippen molar-refractivity contribution in [3.8, 4) is 0 Å². The van der Waals surface area contributed by atoms with Crippen LogP contribution in [-0.4, -0.2) is 33.9 Å². The van der Waals surface area contributed by atoms with Crippen LogP contribution in [0.3, 0.4) is 0 Å². The molecule has 0 aromatic heterocycles. The molecule has 1 aliphatic rings. The topological polar surface area (TPSA) is 92.8 Å². The van der Waals surface area contributed by atoms with Gasteiger partial charge >= 0.3 is 5.97 Å². The van der Waals surface area contributed by atoms with Gasteiger partial charge in [-0.2, -0.15) is 0 Å². The number of carbonyl (C=O) groups is 2. The summed E-state index contributed by atoms with van der Waals surface area (Å²) in [4.78, 5) is 26.1. The van der Waals surface area contributed by atoms with Crippen molar-refractivity contribution < 1.29 is 22.7 Å². The molecule has 1 N–H and O–H groups in total. The minimum Gasteiger partial charge on any atom is -0.465 e. The number of rotatable bonds is 5. The number of hydrogen-bond acceptors (Lipinski definition) is 5. The van der Waals surface area contributed by atoms with Gasteiger partial charge in [-0.3, -0.25) is 9.52 Å². The van der Waals surface area contributed by atoms with E-state index in [0.29, 0.717) is 34.3 Å². The summed E-state index contributed by atoms with van der Waals surface area (Å²) in [6.45, 7) is 4.07. The Bertz CT molecular complexity index is 1310. The molecule has 0 fully saturated rings. The monoisotopic (exact) mass is 424 g/mol. The highest BCUT2D eigenvalue weighted by Crippen LogP contribution is 2.40. The van der Waals surface area contributed by atoms with Gasteiger partial charge in [0.15, 0.2) is 0 Å². The summed E-state index contributed by atoms with van der Waals surface area (Å²) in [5, 5.41) is 1.39. The highest BCUT2D eigenvalue weighted by atomic mass is 32.2. The normalized spacial score (nSPS) is 13.0. The first kappa shape index (κ1) is 19.9. The summed E-state index contributed by atoms with van der Waals surface area (Å²) in [6.07, 6.45) is 0. The Morgan fingerprint density at radius 2 is 1.90 bits per heavy atom. The van der Waals surface area contributed by atoms with E-state index in [1.807, 2.05) is 6.92 Å². The van der Waals surface area contributed by atoms with E-state index in [9.17, 15) is 18.0 Å². The summed E-state index contributed by atoms with van der Waals surface area (Å²) >= 11 is 0. The molecule has 0 atom stereocenters. The lowest BCUT2D eigenvalue weighted by Crippen LogP contribution is -2.25. The van der Waals surface area contributed by atoms with Crippen LogP contribution in [0.1, 0.15) is 33.2 Å². The maximum absolute atomic E-state index is 13.0. The number of nitrogens with zero attached hydrogens (tertiary/aromatic N) is 1. The van der Waals surface area contributed by atoms with Crippen LogP contribution < -0.4 is 9.62 Å². The molecule has 0 saturated carbocycles. The molecule has 3 aromatic rings. The zero-order valence-corrected chi connectivity index (χ0v) is 17.5. The van der Waals surface area contributed by atoms with Crippen LogP contribution in [0.4, 0.5) is 11.4 Å². The molecule has 1 amide bonds. The van der Waals surface area contributed by atoms with Gasteiger partial charge in [0.1, 0.15) is 0 Å². The van der Waals surface area contributed by atoms with Crippen molar-refractivity contribution in [2.24, 2.45) is 0 Å². The van der Waals surface area contributed by atoms with E-state index in [1.165, 1.54) is 25.3 Å². The van der Waals surface area contributed by atoms with Crippen LogP contribution in [0.15, 0.2) is 53.4 Å². The van der Waals surface area contributed by atoms with Gasteiger partial charge in [0.2, 0.25) is 0 Å². The smallest absolute Gasteiger partial charge is 0.338 e. The van der Waals surface area contributed by atoms with Gasteiger partial charge in [-0.25, -0.2) is 13.2 Å². The number of hydrogen-bond donors (Lipinski definition) is 1. The fourth-order valence-corrected chi connectivity index (χ4v) is 4.96. The predicted molar refractivity (Wildman–Crippen MR) is 115 cm³/mol. The molecule has 0 bridgehead atoms. The van der Waals surface area contributed by atoms with Crippen molar-refractivity contribution in [2.75, 3.05) is 23.3 Å². The van der Waals surface area contributed by atoms with E-state index in [2.05, 4.69) is 4.72 Å². The van der Waals surface area contributed by atoms with E-state index < -0.39 is 16.0 Å². The molecular formula is C22H20N2O5S. The Morgan fingerprint density at radius 3 is 2.57 bits per heavy atom. The lowest BCUT2D eigenvalue weighted by Gasteiger charge is -2.16. The molecule has 8 heteroatoms. The quantitative estimate of drug-likeness (QED) is 0.630. The van der Waals surface area contributed by atoms with Gasteiger partial charge in [0.05, 0.1) is 28.9 Å². The molecule has 1 aliphatic heterocycles. The molecule has 1 heterocycles. The zero-order valence-electron chi connectivity index (χ0n) is 16.7. The van der Waals surface area contributed by atoms with Crippen LogP contribution in [0.2, 0.25) is 0 Å². The SMILES string of the molecule is CCN1C(=O)c2cccc3c(NS(=O)(=O)c4ccc(C(=O)OC)c(C)c4)ccc1c23. The fraction of sp³-hybridized carbons (Fsp3) is 0.182. The molecule has 0 saturated heterocycles. The molecule has 30 heavy (non-hydrogen) atoms. The second kappa shape index (κ2) is 7.14. The van der Waals surface area contributed by atoms with E-state index in [1.54, 1.807) is 42.2 Å². The van der Waals surface area contributed by atoms with Gasteiger partial charge in [0.25, 0.3) is 15.9 Å². The third-order valence-corrected chi connectivity index (χ3v) is 6.62. The van der Waals surface area contributed by atoms with E-state index in [-0.39, 0.29) is 10.8 Å². The Morgan fingerprint density at radius 1 is 1.13 bits per heavy atom. The van der Waals surface area contributed by atoms with Crippen LogP contribution in [0.25, 0.3) is 10.8 Å². The highest BCUT2D eigenvalue weighted by molar-refractivity contribution is 7.92. The van der Waals surface area contributed by atoms with E-state index >= 15 is 0 Å². The largest absolute Gasteiger partial charge is 0.465 e. The van der Waals surface area contributed by atoms with Crippen LogP contribution in [0, 0.1) is 6.92 Å². The zero-order chi connectivity index (χ0) is 21.6. The molecular weight excluding hydrogens is 404 g/mol. The Labute approximate surface area is 174 Å². The van der Waals surface area contributed by atoms with Gasteiger partial charge in [-0.1, -0.05) is 12.1 Å². The summed E-state index contributed by atoms with van der Waals surface area (Å²) in [7, 11) is -2.64. The van der Waals surface area contributed by atoms with Crippen LogP contribution in [0.5, 0.6) is 0 Å². The van der Waals surface area contributed by atoms with Gasteiger partial charge in [0, 0.05) is 22.9 Å². The number of esters is 1. The van der Waals surface area contributed by atoms with Crippen molar-refractivity contribution in [3.05, 3.63) is 65.2 Å². The molecule has 4 rings (SSSR count). The average molecular weight is 424 g/mol. The van der Waals surface area contributed by atoms with Crippen molar-refractivity contribution >= 4 is 44.0 Å². The van der Waals surface area contributed by atoms with Crippen molar-refractivity contribution in [3.63, 3.8) is 0 Å². The number of methoxy groups -OCH3 is 1. The van der Waals surface area contributed by atoms with Crippen molar-refractivity contribution in [2.45, 2.75) is 18.7 Å². The van der Waals surface area contributed by atoms with Crippen LogP contribution >= 0.6 is 0 Å². The fourth-order valence-electron chi connectivity index (χ4n) is 3.79. The minimum absolute atomic E-state index is 0.0298. The molecule has 154 valence electrons. The average Bonchev–Trinajstić information content (AvgIpc) is 3.01. The summed E-state index contributed by atoms with van der Waals surface area (Å²) in [5.74, 6) is -0.616. The maximum atomic E-state index is 13.0. The third-order valence-electron chi connectivity index (χ3n) is 5.26. The number of sulfonamides is 1. The van der Waals surface area contributed by atoms with E-state index in [4.69, 9.17) is 4.74 Å². The molecule has 0 radical (unpaired) electrons. The number of benzene rings is 3. The predicted octanol–water partition coefficient (Wildman–Crippen LogP) is 3.72. The van der Waals surface area contributed by atoms with E-state index in [0.717, 1.165) is 11.1 Å². The molecule has 0 unspecified atom stereocenters. The van der Waals surface area contributed by atoms with Gasteiger partial charge < -0.3 is 9.64 Å². The highest BCUT2D eigenvalue weighted by Gasteiger charge is 2.30. The third kappa shape index (κ3) is 3.00. The summed E-state index contributed by atoms with van der Waals surface area (Å²) < 4.78 is 33.4. The second-order valence-electron chi connectivity index (χ2n) is 6.98. The first-order valence-corrected chi connectivity index (χ1v) is 10.9. The summed E-state index contributed by atoms with van der Waals surface area (Å²) in [6, 6.07) is 12.9. The Kier molecular flexibility index (Phi) is 4.74. The molecule has 7 nitrogen and oxygen atoms in total. The Balaban J connectivity index is 1.77. The number of anilines is 2. The number of ether oxygens (including phenoxy) is 1. The first-order valence-electron chi connectivity index (χ1n) is 9.38. The maximum Gasteiger partial charge on any atom is 0.338 e. The lowest BCUT2D eigenvalue weighted by molar-refractivity contribution is 0.0599. The first-order chi connectivity index (χ1) is 14.3. The van der Waals surface area contributed by atoms with Gasteiger partial charge in [-0.05, 0) is 55.8 Å². The Hall–Kier alpha value is -3.39. The molecule has 0 spiro atoms. The standard InChI is InChI=1S/C22H20N2O5S/c1-4-24-19-11-10-18(16-6-5-7-17(20(16)19)21(24)25)23-30(27,28)14-8-9-15(13(2)12-14)22(26)29-3/h5-12,23H,4H2,1-3H3. The van der Waals surface area contributed by atoms with Crippen molar-refractivity contribution in [1.29, 1.82) is 0 Å². The second-order valence-corrected chi connectivity index (χ2v) is 8.67.